The van der Waals surface area contributed by atoms with Crippen LogP contribution < -0.4 is 11.3 Å². The van der Waals surface area contributed by atoms with E-state index in [1.165, 1.54) is 6.20 Å². The molecule has 0 spiro atoms. The van der Waals surface area contributed by atoms with Gasteiger partial charge in [0.25, 0.3) is 5.56 Å². The lowest BCUT2D eigenvalue weighted by molar-refractivity contribution is 1.11. The Labute approximate surface area is 56.4 Å². The highest BCUT2D eigenvalue weighted by molar-refractivity contribution is 5.92. The first kappa shape index (κ1) is 6.47. The lowest BCUT2D eigenvalue weighted by Gasteiger charge is -1.91. The van der Waals surface area contributed by atoms with Gasteiger partial charge >= 0.3 is 0 Å². The highest BCUT2D eigenvalue weighted by Gasteiger charge is 1.94. The van der Waals surface area contributed by atoms with Gasteiger partial charge in [0.2, 0.25) is 0 Å². The van der Waals surface area contributed by atoms with Crippen molar-refractivity contribution in [3.05, 3.63) is 28.4 Å². The normalized spacial score (nSPS) is 9.20. The molecule has 0 aliphatic heterocycles. The first-order valence-corrected chi connectivity index (χ1v) is 2.59. The molecule has 0 radical (unpaired) electrons. The average molecular weight is 138 g/mol. The maximum atomic E-state index is 10.4. The van der Waals surface area contributed by atoms with Crippen molar-refractivity contribution in [1.29, 1.82) is 5.41 Å². The van der Waals surface area contributed by atoms with Crippen molar-refractivity contribution >= 4 is 5.84 Å². The van der Waals surface area contributed by atoms with Crippen LogP contribution >= 0.6 is 0 Å². The molecule has 0 bridgehead atoms. The molecule has 0 saturated carbocycles. The number of nitrogen functional groups attached to an aromatic ring is 1. The Morgan fingerprint density at radius 1 is 1.80 bits per heavy atom. The van der Waals surface area contributed by atoms with Crippen LogP contribution in [0, 0.1) is 5.41 Å². The average Bonchev–Trinajstić information content (AvgIpc) is 1.88. The first-order chi connectivity index (χ1) is 4.70. The SMILES string of the molecule is N=C(N)c1c[nH]c(=O)cn1. The van der Waals surface area contributed by atoms with Gasteiger partial charge in [-0.2, -0.15) is 0 Å². The Bertz CT molecular complexity index is 282. The molecule has 0 aromatic carbocycles. The van der Waals surface area contributed by atoms with Crippen LogP contribution in [0.4, 0.5) is 0 Å². The lowest BCUT2D eigenvalue weighted by atomic mass is 10.4. The number of aromatic amines is 1. The van der Waals surface area contributed by atoms with Crippen LogP contribution in [0.3, 0.4) is 0 Å². The minimum Gasteiger partial charge on any atom is -0.382 e. The number of nitrogens with two attached hydrogens (primary N) is 1. The zero-order valence-electron chi connectivity index (χ0n) is 5.09. The first-order valence-electron chi connectivity index (χ1n) is 2.59. The lowest BCUT2D eigenvalue weighted by Crippen LogP contribution is -2.16. The summed E-state index contributed by atoms with van der Waals surface area (Å²) in [6.45, 7) is 0. The zero-order chi connectivity index (χ0) is 7.56. The predicted molar refractivity (Wildman–Crippen MR) is 35.9 cm³/mol. The molecule has 1 aromatic rings. The van der Waals surface area contributed by atoms with Gasteiger partial charge in [0, 0.05) is 6.20 Å². The van der Waals surface area contributed by atoms with Crippen LogP contribution in [-0.4, -0.2) is 15.8 Å². The third kappa shape index (κ3) is 1.19. The fourth-order valence-electron chi connectivity index (χ4n) is 0.489. The predicted octanol–water partition coefficient (Wildman–Crippen LogP) is -0.946. The molecular weight excluding hydrogens is 132 g/mol. The highest BCUT2D eigenvalue weighted by Crippen LogP contribution is 1.82. The quantitative estimate of drug-likeness (QED) is 0.345. The van der Waals surface area contributed by atoms with E-state index in [4.69, 9.17) is 11.1 Å². The Morgan fingerprint density at radius 2 is 2.50 bits per heavy atom. The molecular formula is C5H6N4O. The summed E-state index contributed by atoms with van der Waals surface area (Å²) in [7, 11) is 0. The fraction of sp³-hybridized carbons (Fsp3) is 0. The zero-order valence-corrected chi connectivity index (χ0v) is 5.09. The van der Waals surface area contributed by atoms with E-state index in [2.05, 4.69) is 9.97 Å². The Kier molecular flexibility index (Phi) is 1.49. The molecule has 0 aliphatic carbocycles. The van der Waals surface area contributed by atoms with Crippen LogP contribution in [0.25, 0.3) is 0 Å². The maximum Gasteiger partial charge on any atom is 0.266 e. The van der Waals surface area contributed by atoms with Gasteiger partial charge in [-0.3, -0.25) is 10.2 Å². The van der Waals surface area contributed by atoms with Gasteiger partial charge in [0.05, 0.1) is 6.20 Å². The third-order valence-corrected chi connectivity index (χ3v) is 0.948. The largest absolute Gasteiger partial charge is 0.382 e. The number of nitrogens with zero attached hydrogens (tertiary/aromatic N) is 1. The van der Waals surface area contributed by atoms with Gasteiger partial charge in [0.15, 0.2) is 0 Å². The van der Waals surface area contributed by atoms with Crippen molar-refractivity contribution in [2.45, 2.75) is 0 Å². The summed E-state index contributed by atoms with van der Waals surface area (Å²) >= 11 is 0. The van der Waals surface area contributed by atoms with Gasteiger partial charge in [-0.05, 0) is 0 Å². The molecule has 0 atom stereocenters. The summed E-state index contributed by atoms with van der Waals surface area (Å²) in [5, 5.41) is 6.90. The van der Waals surface area contributed by atoms with Gasteiger partial charge in [-0.1, -0.05) is 0 Å². The Morgan fingerprint density at radius 3 is 2.90 bits per heavy atom. The summed E-state index contributed by atoms with van der Waals surface area (Å²) in [5.41, 5.74) is 5.04. The second-order valence-electron chi connectivity index (χ2n) is 1.71. The number of hydrogen-bond acceptors (Lipinski definition) is 3. The number of amidine groups is 1. The van der Waals surface area contributed by atoms with E-state index >= 15 is 0 Å². The van der Waals surface area contributed by atoms with Crippen LogP contribution in [-0.2, 0) is 0 Å². The monoisotopic (exact) mass is 138 g/mol. The molecule has 1 aromatic heterocycles. The van der Waals surface area contributed by atoms with E-state index in [0.29, 0.717) is 0 Å². The Hall–Kier alpha value is -1.65. The fourth-order valence-corrected chi connectivity index (χ4v) is 0.489. The topological polar surface area (TPSA) is 95.6 Å². The number of rotatable bonds is 1. The number of hydrogen-bond donors (Lipinski definition) is 3. The molecule has 0 amide bonds. The molecule has 5 heteroatoms. The van der Waals surface area contributed by atoms with E-state index in [-0.39, 0.29) is 17.1 Å². The summed E-state index contributed by atoms with van der Waals surface area (Å²) in [6, 6.07) is 0. The van der Waals surface area contributed by atoms with Crippen molar-refractivity contribution in [1.82, 2.24) is 9.97 Å². The number of aromatic nitrogens is 2. The van der Waals surface area contributed by atoms with Crippen molar-refractivity contribution in [3.63, 3.8) is 0 Å². The molecule has 10 heavy (non-hydrogen) atoms. The minimum absolute atomic E-state index is 0.156. The van der Waals surface area contributed by atoms with E-state index < -0.39 is 0 Å². The second kappa shape index (κ2) is 2.30. The van der Waals surface area contributed by atoms with Crippen LogP contribution in [0.1, 0.15) is 5.69 Å². The maximum absolute atomic E-state index is 10.4. The second-order valence-corrected chi connectivity index (χ2v) is 1.71. The van der Waals surface area contributed by atoms with Crippen molar-refractivity contribution in [2.24, 2.45) is 5.73 Å². The summed E-state index contributed by atoms with van der Waals surface area (Å²) in [4.78, 5) is 16.3. The Balaban J connectivity index is 3.12. The molecule has 0 fully saturated rings. The van der Waals surface area contributed by atoms with E-state index in [0.717, 1.165) is 6.20 Å². The van der Waals surface area contributed by atoms with E-state index in [1.54, 1.807) is 0 Å². The minimum atomic E-state index is -0.301. The summed E-state index contributed by atoms with van der Waals surface area (Å²) in [5.74, 6) is -0.156. The molecule has 1 heterocycles. The standard InChI is InChI=1S/C5H6N4O/c6-5(7)3-1-9-4(10)2-8-3/h1-2H,(H3,6,7)(H,9,10). The molecule has 0 saturated heterocycles. The van der Waals surface area contributed by atoms with Crippen molar-refractivity contribution in [2.75, 3.05) is 0 Å². The number of nitrogens with one attached hydrogen (secondary N) is 2. The highest BCUT2D eigenvalue weighted by atomic mass is 16.1. The van der Waals surface area contributed by atoms with Gasteiger partial charge in [0.1, 0.15) is 11.5 Å². The van der Waals surface area contributed by atoms with E-state index in [9.17, 15) is 4.79 Å². The molecule has 52 valence electrons. The van der Waals surface area contributed by atoms with Gasteiger partial charge < -0.3 is 10.7 Å². The molecule has 0 unspecified atom stereocenters. The van der Waals surface area contributed by atoms with Crippen LogP contribution in [0.5, 0.6) is 0 Å². The molecule has 4 N–H and O–H groups in total. The van der Waals surface area contributed by atoms with Crippen LogP contribution in [0.2, 0.25) is 0 Å². The number of H-pyrrole nitrogens is 1. The smallest absolute Gasteiger partial charge is 0.266 e. The van der Waals surface area contributed by atoms with Gasteiger partial charge in [-0.15, -0.1) is 0 Å². The summed E-state index contributed by atoms with van der Waals surface area (Å²) in [6.07, 6.45) is 2.38. The van der Waals surface area contributed by atoms with Crippen molar-refractivity contribution in [3.8, 4) is 0 Å². The van der Waals surface area contributed by atoms with Gasteiger partial charge in [-0.25, -0.2) is 4.98 Å². The molecule has 0 aliphatic rings. The summed E-state index contributed by atoms with van der Waals surface area (Å²) < 4.78 is 0. The van der Waals surface area contributed by atoms with Crippen LogP contribution in [0.15, 0.2) is 17.2 Å². The van der Waals surface area contributed by atoms with E-state index in [1.807, 2.05) is 0 Å². The van der Waals surface area contributed by atoms with Crippen molar-refractivity contribution < 1.29 is 0 Å². The third-order valence-electron chi connectivity index (χ3n) is 0.948. The molecule has 5 nitrogen and oxygen atoms in total. The molecule has 1 rings (SSSR count).